The Bertz CT molecular complexity index is 542. The highest BCUT2D eigenvalue weighted by atomic mass is 16.2. The van der Waals surface area contributed by atoms with Crippen LogP contribution in [0, 0.1) is 11.8 Å². The molecule has 5 nitrogen and oxygen atoms in total. The Balaban J connectivity index is 1.50. The van der Waals surface area contributed by atoms with E-state index in [0.29, 0.717) is 17.9 Å². The van der Waals surface area contributed by atoms with Gasteiger partial charge in [0.2, 0.25) is 5.91 Å². The molecule has 2 aliphatic heterocycles. The maximum absolute atomic E-state index is 12.9. The number of piperidine rings is 2. The van der Waals surface area contributed by atoms with Crippen LogP contribution in [0.5, 0.6) is 0 Å². The van der Waals surface area contributed by atoms with E-state index >= 15 is 0 Å². The monoisotopic (exact) mass is 344 g/mol. The summed E-state index contributed by atoms with van der Waals surface area (Å²) in [6, 6.07) is 6.55. The number of nitrogens with zero attached hydrogens (tertiary/aromatic N) is 3. The lowest BCUT2D eigenvalue weighted by atomic mass is 9.90. The van der Waals surface area contributed by atoms with Crippen LogP contribution in [0.15, 0.2) is 24.4 Å². The number of pyridine rings is 1. The van der Waals surface area contributed by atoms with Crippen molar-refractivity contribution in [2.75, 3.05) is 37.6 Å². The summed E-state index contributed by atoms with van der Waals surface area (Å²) in [6.07, 6.45) is 6.11. The van der Waals surface area contributed by atoms with Crippen LogP contribution in [-0.4, -0.2) is 54.6 Å². The van der Waals surface area contributed by atoms with Crippen molar-refractivity contribution in [1.82, 2.24) is 15.2 Å². The second-order valence-electron chi connectivity index (χ2n) is 7.57. The summed E-state index contributed by atoms with van der Waals surface area (Å²) in [5, 5.41) is 3.44. The first-order valence-corrected chi connectivity index (χ1v) is 9.85. The van der Waals surface area contributed by atoms with Crippen molar-refractivity contribution in [1.29, 1.82) is 0 Å². The number of rotatable bonds is 5. The molecule has 5 heteroatoms. The molecule has 1 aromatic heterocycles. The van der Waals surface area contributed by atoms with Gasteiger partial charge in [0, 0.05) is 44.3 Å². The summed E-state index contributed by atoms with van der Waals surface area (Å²) in [5.74, 6) is 2.28. The molecule has 3 heterocycles. The molecule has 1 N–H and O–H groups in total. The lowest BCUT2D eigenvalue weighted by molar-refractivity contribution is -0.137. The first-order chi connectivity index (χ1) is 12.2. The van der Waals surface area contributed by atoms with Crippen LogP contribution in [0.3, 0.4) is 0 Å². The SMILES string of the molecule is CCN(CC1CCN(c2ccccn2)CC1)C(=O)[C@H]1CCN[C@@H](C)C1. The van der Waals surface area contributed by atoms with E-state index in [-0.39, 0.29) is 5.92 Å². The Hall–Kier alpha value is -1.62. The molecule has 0 radical (unpaired) electrons. The first kappa shape index (κ1) is 18.2. The molecule has 0 aliphatic carbocycles. The third-order valence-corrected chi connectivity index (χ3v) is 5.73. The zero-order valence-electron chi connectivity index (χ0n) is 15.7. The van der Waals surface area contributed by atoms with E-state index < -0.39 is 0 Å². The molecule has 2 saturated heterocycles. The summed E-state index contributed by atoms with van der Waals surface area (Å²) in [6.45, 7) is 9.10. The van der Waals surface area contributed by atoms with Gasteiger partial charge < -0.3 is 15.1 Å². The van der Waals surface area contributed by atoms with Gasteiger partial charge in [0.05, 0.1) is 0 Å². The number of aromatic nitrogens is 1. The van der Waals surface area contributed by atoms with Crippen LogP contribution in [0.1, 0.15) is 39.5 Å². The van der Waals surface area contributed by atoms with E-state index in [1.54, 1.807) is 0 Å². The van der Waals surface area contributed by atoms with Crippen LogP contribution >= 0.6 is 0 Å². The predicted octanol–water partition coefficient (Wildman–Crippen LogP) is 2.53. The van der Waals surface area contributed by atoms with Gasteiger partial charge in [0.15, 0.2) is 0 Å². The Kier molecular flexibility index (Phi) is 6.29. The number of hydrogen-bond acceptors (Lipinski definition) is 4. The van der Waals surface area contributed by atoms with E-state index in [0.717, 1.165) is 64.2 Å². The molecular formula is C20H32N4O. The standard InChI is InChI=1S/C20H32N4O/c1-3-23(20(25)18-7-11-21-16(2)14-18)15-17-8-12-24(13-9-17)19-6-4-5-10-22-19/h4-6,10,16-18,21H,3,7-9,11-15H2,1-2H3/t16-,18-/m0/s1. The summed E-state index contributed by atoms with van der Waals surface area (Å²) in [5.41, 5.74) is 0. The van der Waals surface area contributed by atoms with Gasteiger partial charge in [-0.3, -0.25) is 4.79 Å². The molecule has 25 heavy (non-hydrogen) atoms. The quantitative estimate of drug-likeness (QED) is 0.892. The maximum atomic E-state index is 12.9. The van der Waals surface area contributed by atoms with Gasteiger partial charge in [-0.25, -0.2) is 4.98 Å². The number of nitrogens with one attached hydrogen (secondary N) is 1. The molecule has 1 amide bonds. The van der Waals surface area contributed by atoms with E-state index in [9.17, 15) is 4.79 Å². The third kappa shape index (κ3) is 4.72. The van der Waals surface area contributed by atoms with Crippen molar-refractivity contribution in [2.24, 2.45) is 11.8 Å². The molecule has 0 aromatic carbocycles. The minimum Gasteiger partial charge on any atom is -0.357 e. The predicted molar refractivity (Wildman–Crippen MR) is 102 cm³/mol. The molecule has 0 unspecified atom stereocenters. The van der Waals surface area contributed by atoms with Gasteiger partial charge in [-0.15, -0.1) is 0 Å². The highest BCUT2D eigenvalue weighted by molar-refractivity contribution is 5.79. The van der Waals surface area contributed by atoms with Crippen LogP contribution < -0.4 is 10.2 Å². The molecule has 0 spiro atoms. The van der Waals surface area contributed by atoms with Crippen LogP contribution in [0.2, 0.25) is 0 Å². The first-order valence-electron chi connectivity index (χ1n) is 9.85. The topological polar surface area (TPSA) is 48.5 Å². The summed E-state index contributed by atoms with van der Waals surface area (Å²) in [7, 11) is 0. The Morgan fingerprint density at radius 2 is 2.12 bits per heavy atom. The Morgan fingerprint density at radius 3 is 2.76 bits per heavy atom. The molecule has 0 saturated carbocycles. The number of hydrogen-bond donors (Lipinski definition) is 1. The largest absolute Gasteiger partial charge is 0.357 e. The molecule has 2 atom stereocenters. The summed E-state index contributed by atoms with van der Waals surface area (Å²) < 4.78 is 0. The van der Waals surface area contributed by atoms with Gasteiger partial charge >= 0.3 is 0 Å². The molecule has 138 valence electrons. The number of anilines is 1. The van der Waals surface area contributed by atoms with Crippen molar-refractivity contribution in [3.8, 4) is 0 Å². The van der Waals surface area contributed by atoms with Gasteiger partial charge in [-0.05, 0) is 64.1 Å². The maximum Gasteiger partial charge on any atom is 0.225 e. The molecule has 2 fully saturated rings. The average Bonchev–Trinajstić information content (AvgIpc) is 2.67. The van der Waals surface area contributed by atoms with Crippen molar-refractivity contribution < 1.29 is 4.79 Å². The normalized spacial score (nSPS) is 25.0. The Labute approximate surface area is 151 Å². The van der Waals surface area contributed by atoms with Gasteiger partial charge in [0.1, 0.15) is 5.82 Å². The fourth-order valence-electron chi connectivity index (χ4n) is 4.19. The second kappa shape index (κ2) is 8.65. The lowest BCUT2D eigenvalue weighted by Gasteiger charge is -2.37. The second-order valence-corrected chi connectivity index (χ2v) is 7.57. The third-order valence-electron chi connectivity index (χ3n) is 5.73. The molecule has 2 aliphatic rings. The van der Waals surface area contributed by atoms with E-state index in [1.165, 1.54) is 0 Å². The minimum absolute atomic E-state index is 0.213. The van der Waals surface area contributed by atoms with Gasteiger partial charge in [0.25, 0.3) is 0 Å². The van der Waals surface area contributed by atoms with Crippen molar-refractivity contribution >= 4 is 11.7 Å². The molecular weight excluding hydrogens is 312 g/mol. The zero-order valence-corrected chi connectivity index (χ0v) is 15.7. The smallest absolute Gasteiger partial charge is 0.225 e. The highest BCUT2D eigenvalue weighted by Crippen LogP contribution is 2.24. The van der Waals surface area contributed by atoms with Gasteiger partial charge in [-0.1, -0.05) is 6.07 Å². The number of amides is 1. The Morgan fingerprint density at radius 1 is 1.32 bits per heavy atom. The van der Waals surface area contributed by atoms with E-state index in [4.69, 9.17) is 0 Å². The van der Waals surface area contributed by atoms with Crippen molar-refractivity contribution in [2.45, 2.75) is 45.6 Å². The average molecular weight is 345 g/mol. The highest BCUT2D eigenvalue weighted by Gasteiger charge is 2.30. The fraction of sp³-hybridized carbons (Fsp3) is 0.700. The molecule has 1 aromatic rings. The van der Waals surface area contributed by atoms with Crippen LogP contribution in [0.25, 0.3) is 0 Å². The van der Waals surface area contributed by atoms with E-state index in [1.807, 2.05) is 18.3 Å². The number of carbonyl (C=O) groups is 1. The van der Waals surface area contributed by atoms with Crippen LogP contribution in [0.4, 0.5) is 5.82 Å². The molecule has 0 bridgehead atoms. The lowest BCUT2D eigenvalue weighted by Crippen LogP contribution is -2.46. The number of carbonyl (C=O) groups excluding carboxylic acids is 1. The van der Waals surface area contributed by atoms with Crippen LogP contribution in [-0.2, 0) is 4.79 Å². The zero-order chi connectivity index (χ0) is 17.6. The summed E-state index contributed by atoms with van der Waals surface area (Å²) in [4.78, 5) is 21.8. The summed E-state index contributed by atoms with van der Waals surface area (Å²) >= 11 is 0. The van der Waals surface area contributed by atoms with Crippen molar-refractivity contribution in [3.63, 3.8) is 0 Å². The molecule has 3 rings (SSSR count). The van der Waals surface area contributed by atoms with Gasteiger partial charge in [-0.2, -0.15) is 0 Å². The van der Waals surface area contributed by atoms with Crippen molar-refractivity contribution in [3.05, 3.63) is 24.4 Å². The van der Waals surface area contributed by atoms with E-state index in [2.05, 4.69) is 40.0 Å². The fourth-order valence-corrected chi connectivity index (χ4v) is 4.19. The minimum atomic E-state index is 0.213.